The van der Waals surface area contributed by atoms with E-state index >= 15 is 0 Å². The number of rotatable bonds is 4. The van der Waals surface area contributed by atoms with E-state index in [4.69, 9.17) is 0 Å². The molecule has 0 aliphatic rings. The van der Waals surface area contributed by atoms with Gasteiger partial charge in [0.05, 0.1) is 12.4 Å². The Kier molecular flexibility index (Phi) is 4.68. The molecule has 0 fully saturated rings. The SMILES string of the molecule is O=C([O-])CC(=O)NC(=O)NCc1ccccc1. The highest BCUT2D eigenvalue weighted by Gasteiger charge is 2.06. The smallest absolute Gasteiger partial charge is 0.321 e. The van der Waals surface area contributed by atoms with E-state index in [1.54, 1.807) is 0 Å². The van der Waals surface area contributed by atoms with E-state index in [-0.39, 0.29) is 6.54 Å². The number of carboxylic acid groups (broad SMARTS) is 1. The number of carbonyl (C=O) groups excluding carboxylic acids is 3. The fraction of sp³-hybridized carbons (Fsp3) is 0.182. The minimum Gasteiger partial charge on any atom is -0.550 e. The Balaban J connectivity index is 2.31. The number of carboxylic acids is 1. The number of benzene rings is 1. The Morgan fingerprint density at radius 2 is 1.76 bits per heavy atom. The van der Waals surface area contributed by atoms with Crippen LogP contribution in [0.3, 0.4) is 0 Å². The van der Waals surface area contributed by atoms with Crippen LogP contribution in [0.25, 0.3) is 0 Å². The second kappa shape index (κ2) is 6.26. The lowest BCUT2D eigenvalue weighted by molar-refractivity contribution is -0.304. The third-order valence-corrected chi connectivity index (χ3v) is 1.85. The summed E-state index contributed by atoms with van der Waals surface area (Å²) in [7, 11) is 0. The molecule has 0 aromatic heterocycles. The highest BCUT2D eigenvalue weighted by atomic mass is 16.4. The van der Waals surface area contributed by atoms with E-state index in [0.29, 0.717) is 0 Å². The summed E-state index contributed by atoms with van der Waals surface area (Å²) < 4.78 is 0. The molecule has 0 unspecified atom stereocenters. The number of hydrogen-bond donors (Lipinski definition) is 2. The summed E-state index contributed by atoms with van der Waals surface area (Å²) >= 11 is 0. The average Bonchev–Trinajstić information content (AvgIpc) is 2.26. The van der Waals surface area contributed by atoms with Crippen molar-refractivity contribution in [1.29, 1.82) is 0 Å². The van der Waals surface area contributed by atoms with Crippen LogP contribution < -0.4 is 15.7 Å². The van der Waals surface area contributed by atoms with Gasteiger partial charge in [0.25, 0.3) is 0 Å². The second-order valence-electron chi connectivity index (χ2n) is 3.27. The molecular formula is C11H11N2O4-. The molecule has 0 saturated heterocycles. The molecule has 0 aliphatic carbocycles. The van der Waals surface area contributed by atoms with Gasteiger partial charge >= 0.3 is 6.03 Å². The Morgan fingerprint density at radius 1 is 1.12 bits per heavy atom. The highest BCUT2D eigenvalue weighted by molar-refractivity contribution is 6.01. The number of amides is 3. The van der Waals surface area contributed by atoms with Crippen LogP contribution >= 0.6 is 0 Å². The number of hydrogen-bond acceptors (Lipinski definition) is 4. The number of imide groups is 1. The van der Waals surface area contributed by atoms with Crippen molar-refractivity contribution in [2.75, 3.05) is 0 Å². The first-order valence-electron chi connectivity index (χ1n) is 4.89. The molecule has 2 N–H and O–H groups in total. The van der Waals surface area contributed by atoms with E-state index in [1.165, 1.54) is 0 Å². The van der Waals surface area contributed by atoms with Crippen LogP contribution in [0.2, 0.25) is 0 Å². The zero-order chi connectivity index (χ0) is 12.7. The van der Waals surface area contributed by atoms with Crippen LogP contribution in [0.4, 0.5) is 4.79 Å². The van der Waals surface area contributed by atoms with Crippen LogP contribution in [0.15, 0.2) is 30.3 Å². The molecule has 0 aliphatic heterocycles. The maximum Gasteiger partial charge on any atom is 0.321 e. The monoisotopic (exact) mass is 235 g/mol. The fourth-order valence-corrected chi connectivity index (χ4v) is 1.12. The van der Waals surface area contributed by atoms with Crippen molar-refractivity contribution in [3.8, 4) is 0 Å². The molecule has 6 heteroatoms. The van der Waals surface area contributed by atoms with E-state index < -0.39 is 24.3 Å². The molecule has 0 atom stereocenters. The quantitative estimate of drug-likeness (QED) is 0.664. The zero-order valence-corrected chi connectivity index (χ0v) is 8.93. The predicted octanol–water partition coefficient (Wildman–Crippen LogP) is -0.848. The van der Waals surface area contributed by atoms with Gasteiger partial charge in [-0.25, -0.2) is 4.79 Å². The lowest BCUT2D eigenvalue weighted by Crippen LogP contribution is -2.41. The summed E-state index contributed by atoms with van der Waals surface area (Å²) in [5, 5.41) is 14.4. The summed E-state index contributed by atoms with van der Waals surface area (Å²) in [4.78, 5) is 32.1. The Labute approximate surface area is 97.6 Å². The molecule has 1 aromatic carbocycles. The van der Waals surface area contributed by atoms with Gasteiger partial charge in [-0.05, 0) is 5.56 Å². The summed E-state index contributed by atoms with van der Waals surface area (Å²) in [6, 6.07) is 8.35. The van der Waals surface area contributed by atoms with Gasteiger partial charge in [0.2, 0.25) is 5.91 Å². The molecule has 0 spiro atoms. The largest absolute Gasteiger partial charge is 0.550 e. The normalized spacial score (nSPS) is 9.41. The predicted molar refractivity (Wildman–Crippen MR) is 56.4 cm³/mol. The standard InChI is InChI=1S/C11H12N2O4/c14-9(6-10(15)16)13-11(17)12-7-8-4-2-1-3-5-8/h1-5H,6-7H2,(H,15,16)(H2,12,13,14,17)/p-1. The van der Waals surface area contributed by atoms with E-state index in [1.807, 2.05) is 35.6 Å². The molecule has 0 bridgehead atoms. The number of carbonyl (C=O) groups is 3. The first kappa shape index (κ1) is 12.7. The first-order valence-corrected chi connectivity index (χ1v) is 4.89. The topological polar surface area (TPSA) is 98.3 Å². The van der Waals surface area contributed by atoms with Gasteiger partial charge in [-0.15, -0.1) is 0 Å². The van der Waals surface area contributed by atoms with E-state index in [0.717, 1.165) is 5.56 Å². The van der Waals surface area contributed by atoms with Crippen LogP contribution in [0, 0.1) is 0 Å². The molecule has 0 radical (unpaired) electrons. The summed E-state index contributed by atoms with van der Waals surface area (Å²) in [5.41, 5.74) is 0.870. The number of urea groups is 1. The van der Waals surface area contributed by atoms with Crippen LogP contribution in [0.5, 0.6) is 0 Å². The van der Waals surface area contributed by atoms with Crippen LogP contribution in [-0.4, -0.2) is 17.9 Å². The Hall–Kier alpha value is -2.37. The maximum absolute atomic E-state index is 11.2. The van der Waals surface area contributed by atoms with E-state index in [9.17, 15) is 19.5 Å². The Bertz CT molecular complexity index is 417. The van der Waals surface area contributed by atoms with Gasteiger partial charge < -0.3 is 15.2 Å². The van der Waals surface area contributed by atoms with Crippen molar-refractivity contribution in [3.05, 3.63) is 35.9 Å². The molecule has 0 heterocycles. The van der Waals surface area contributed by atoms with Gasteiger partial charge in [-0.2, -0.15) is 0 Å². The third-order valence-electron chi connectivity index (χ3n) is 1.85. The lowest BCUT2D eigenvalue weighted by atomic mass is 10.2. The van der Waals surface area contributed by atoms with Gasteiger partial charge in [-0.3, -0.25) is 10.1 Å². The van der Waals surface area contributed by atoms with Gasteiger partial charge in [0, 0.05) is 6.54 Å². The molecular weight excluding hydrogens is 224 g/mol. The molecule has 17 heavy (non-hydrogen) atoms. The van der Waals surface area contributed by atoms with Gasteiger partial charge in [-0.1, -0.05) is 30.3 Å². The zero-order valence-electron chi connectivity index (χ0n) is 8.93. The van der Waals surface area contributed by atoms with Crippen molar-refractivity contribution in [3.63, 3.8) is 0 Å². The van der Waals surface area contributed by atoms with Gasteiger partial charge in [0.15, 0.2) is 0 Å². The summed E-state index contributed by atoms with van der Waals surface area (Å²) in [5.74, 6) is -2.44. The minimum atomic E-state index is -1.53. The maximum atomic E-state index is 11.2. The van der Waals surface area contributed by atoms with Crippen molar-refractivity contribution < 1.29 is 19.5 Å². The fourth-order valence-electron chi connectivity index (χ4n) is 1.12. The van der Waals surface area contributed by atoms with Crippen LogP contribution in [-0.2, 0) is 16.1 Å². The first-order chi connectivity index (χ1) is 8.08. The highest BCUT2D eigenvalue weighted by Crippen LogP contribution is 1.96. The molecule has 6 nitrogen and oxygen atoms in total. The van der Waals surface area contributed by atoms with Crippen LogP contribution in [0.1, 0.15) is 12.0 Å². The molecule has 90 valence electrons. The second-order valence-corrected chi connectivity index (χ2v) is 3.27. The van der Waals surface area contributed by atoms with Crippen molar-refractivity contribution in [2.24, 2.45) is 0 Å². The minimum absolute atomic E-state index is 0.255. The van der Waals surface area contributed by atoms with Crippen molar-refractivity contribution in [1.82, 2.24) is 10.6 Å². The lowest BCUT2D eigenvalue weighted by Gasteiger charge is -2.06. The average molecular weight is 235 g/mol. The summed E-state index contributed by atoms with van der Waals surface area (Å²) in [6.07, 6.45) is -0.835. The molecule has 1 aromatic rings. The Morgan fingerprint density at radius 3 is 2.35 bits per heavy atom. The van der Waals surface area contributed by atoms with E-state index in [2.05, 4.69) is 5.32 Å². The molecule has 3 amide bonds. The molecule has 0 saturated carbocycles. The number of nitrogens with one attached hydrogen (secondary N) is 2. The summed E-state index contributed by atoms with van der Waals surface area (Å²) in [6.45, 7) is 0.255. The molecule has 1 rings (SSSR count). The van der Waals surface area contributed by atoms with Gasteiger partial charge in [0.1, 0.15) is 0 Å². The third kappa shape index (κ3) is 5.31. The van der Waals surface area contributed by atoms with Crippen molar-refractivity contribution in [2.45, 2.75) is 13.0 Å². The number of aliphatic carboxylic acids is 1. The van der Waals surface area contributed by atoms with Crippen molar-refractivity contribution >= 4 is 17.9 Å².